The van der Waals surface area contributed by atoms with Crippen molar-refractivity contribution in [3.05, 3.63) is 35.9 Å². The van der Waals surface area contributed by atoms with Crippen molar-refractivity contribution in [3.8, 4) is 0 Å². The van der Waals surface area contributed by atoms with Gasteiger partial charge in [0, 0.05) is 24.6 Å². The molecule has 0 aliphatic heterocycles. The maximum absolute atomic E-state index is 11.9. The lowest BCUT2D eigenvalue weighted by atomic mass is 10.1. The molecule has 0 spiro atoms. The number of alkyl halides is 3. The fourth-order valence-corrected chi connectivity index (χ4v) is 1.75. The van der Waals surface area contributed by atoms with Crippen molar-refractivity contribution in [2.75, 3.05) is 19.8 Å². The van der Waals surface area contributed by atoms with E-state index in [-0.39, 0.29) is 31.4 Å². The molecule has 2 amide bonds. The first-order valence-electron chi connectivity index (χ1n) is 7.05. The third-order valence-electron chi connectivity index (χ3n) is 2.74. The molecule has 0 saturated carbocycles. The average Bonchev–Trinajstić information content (AvgIpc) is 2.46. The van der Waals surface area contributed by atoms with Gasteiger partial charge in [0.05, 0.1) is 6.61 Å². The van der Waals surface area contributed by atoms with Crippen LogP contribution in [0, 0.1) is 0 Å². The number of hydrogen-bond donors (Lipinski definition) is 2. The summed E-state index contributed by atoms with van der Waals surface area (Å²) in [6.45, 7) is 0.0806. The topological polar surface area (TPSA) is 67.4 Å². The highest BCUT2D eigenvalue weighted by Crippen LogP contribution is 2.13. The summed E-state index contributed by atoms with van der Waals surface area (Å²) in [7, 11) is 0. The third-order valence-corrected chi connectivity index (χ3v) is 2.74. The van der Waals surface area contributed by atoms with E-state index in [0.717, 1.165) is 0 Å². The Kier molecular flexibility index (Phi) is 7.53. The minimum absolute atomic E-state index is 0.0196. The maximum Gasteiger partial charge on any atom is 0.411 e. The number of hydrogen-bond acceptors (Lipinski definition) is 3. The summed E-state index contributed by atoms with van der Waals surface area (Å²) in [5.74, 6) is -0.666. The van der Waals surface area contributed by atoms with Crippen LogP contribution in [0.15, 0.2) is 30.3 Å². The van der Waals surface area contributed by atoms with E-state index in [0.29, 0.717) is 5.56 Å². The summed E-state index contributed by atoms with van der Waals surface area (Å²) >= 11 is 0. The van der Waals surface area contributed by atoms with Crippen LogP contribution >= 0.6 is 0 Å². The van der Waals surface area contributed by atoms with E-state index < -0.39 is 18.8 Å². The second kappa shape index (κ2) is 9.14. The van der Waals surface area contributed by atoms with Gasteiger partial charge in [0.15, 0.2) is 0 Å². The molecule has 1 rings (SSSR count). The summed E-state index contributed by atoms with van der Waals surface area (Å²) in [5, 5.41) is 5.10. The fraction of sp³-hybridized carbons (Fsp3) is 0.467. The van der Waals surface area contributed by atoms with Gasteiger partial charge in [-0.3, -0.25) is 9.59 Å². The monoisotopic (exact) mass is 332 g/mol. The molecule has 0 aliphatic rings. The summed E-state index contributed by atoms with van der Waals surface area (Å²) in [4.78, 5) is 23.5. The first kappa shape index (κ1) is 19.0. The highest BCUT2D eigenvalue weighted by atomic mass is 19.4. The van der Waals surface area contributed by atoms with Gasteiger partial charge in [0.25, 0.3) is 5.91 Å². The molecule has 1 unspecified atom stereocenters. The quantitative estimate of drug-likeness (QED) is 0.715. The van der Waals surface area contributed by atoms with Crippen molar-refractivity contribution < 1.29 is 27.5 Å². The van der Waals surface area contributed by atoms with Gasteiger partial charge >= 0.3 is 6.18 Å². The lowest BCUT2D eigenvalue weighted by molar-refractivity contribution is -0.173. The zero-order chi connectivity index (χ0) is 17.3. The zero-order valence-electron chi connectivity index (χ0n) is 12.7. The van der Waals surface area contributed by atoms with Gasteiger partial charge in [-0.05, 0) is 19.1 Å². The Bertz CT molecular complexity index is 506. The van der Waals surface area contributed by atoms with Gasteiger partial charge in [0.1, 0.15) is 6.61 Å². The molecule has 2 N–H and O–H groups in total. The number of rotatable bonds is 8. The normalized spacial score (nSPS) is 12.5. The second-order valence-corrected chi connectivity index (χ2v) is 4.96. The molecule has 0 bridgehead atoms. The number of carbonyl (C=O) groups is 2. The Morgan fingerprint density at radius 2 is 1.87 bits per heavy atom. The number of amides is 2. The Hall–Kier alpha value is -2.09. The number of halogens is 3. The van der Waals surface area contributed by atoms with Crippen molar-refractivity contribution in [3.63, 3.8) is 0 Å². The van der Waals surface area contributed by atoms with Gasteiger partial charge in [-0.2, -0.15) is 13.2 Å². The Morgan fingerprint density at radius 3 is 2.48 bits per heavy atom. The Balaban J connectivity index is 2.20. The van der Waals surface area contributed by atoms with E-state index in [9.17, 15) is 22.8 Å². The SMILES string of the molecule is CC(CC(=O)NCCOCC(F)(F)F)NC(=O)c1ccccc1. The van der Waals surface area contributed by atoms with Crippen LogP contribution in [-0.4, -0.2) is 43.8 Å². The highest BCUT2D eigenvalue weighted by molar-refractivity contribution is 5.94. The Morgan fingerprint density at radius 1 is 1.22 bits per heavy atom. The van der Waals surface area contributed by atoms with Crippen LogP contribution in [-0.2, 0) is 9.53 Å². The van der Waals surface area contributed by atoms with E-state index in [1.807, 2.05) is 0 Å². The molecule has 0 saturated heterocycles. The van der Waals surface area contributed by atoms with Gasteiger partial charge < -0.3 is 15.4 Å². The van der Waals surface area contributed by atoms with Crippen molar-refractivity contribution >= 4 is 11.8 Å². The van der Waals surface area contributed by atoms with Crippen molar-refractivity contribution in [2.45, 2.75) is 25.6 Å². The largest absolute Gasteiger partial charge is 0.411 e. The molecule has 0 aromatic heterocycles. The van der Waals surface area contributed by atoms with Crippen LogP contribution in [0.3, 0.4) is 0 Å². The highest BCUT2D eigenvalue weighted by Gasteiger charge is 2.27. The summed E-state index contributed by atoms with van der Waals surface area (Å²) < 4.78 is 39.8. The molecule has 1 atom stereocenters. The molecule has 1 aromatic carbocycles. The smallest absolute Gasteiger partial charge is 0.370 e. The van der Waals surface area contributed by atoms with Crippen LogP contribution < -0.4 is 10.6 Å². The van der Waals surface area contributed by atoms with Crippen LogP contribution in [0.1, 0.15) is 23.7 Å². The predicted octanol–water partition coefficient (Wildman–Crippen LogP) is 1.89. The van der Waals surface area contributed by atoms with Crippen LogP contribution in [0.25, 0.3) is 0 Å². The van der Waals surface area contributed by atoms with Gasteiger partial charge in [-0.1, -0.05) is 18.2 Å². The first-order valence-corrected chi connectivity index (χ1v) is 7.05. The van der Waals surface area contributed by atoms with Crippen molar-refractivity contribution in [2.24, 2.45) is 0 Å². The molecule has 0 radical (unpaired) electrons. The third kappa shape index (κ3) is 8.82. The molecule has 0 heterocycles. The summed E-state index contributed by atoms with van der Waals surface area (Å²) in [6.07, 6.45) is -4.35. The molecule has 128 valence electrons. The zero-order valence-corrected chi connectivity index (χ0v) is 12.7. The molecule has 0 aliphatic carbocycles. The number of benzene rings is 1. The van der Waals surface area contributed by atoms with E-state index in [1.54, 1.807) is 37.3 Å². The molecular weight excluding hydrogens is 313 g/mol. The maximum atomic E-state index is 11.9. The van der Waals surface area contributed by atoms with E-state index in [4.69, 9.17) is 0 Å². The number of ether oxygens (including phenoxy) is 1. The molecule has 23 heavy (non-hydrogen) atoms. The minimum Gasteiger partial charge on any atom is -0.370 e. The fourth-order valence-electron chi connectivity index (χ4n) is 1.75. The minimum atomic E-state index is -4.37. The standard InChI is InChI=1S/C15H19F3N2O3/c1-11(20-14(22)12-5-3-2-4-6-12)9-13(21)19-7-8-23-10-15(16,17)18/h2-6,11H,7-10H2,1H3,(H,19,21)(H,20,22). The number of nitrogens with one attached hydrogen (secondary N) is 2. The molecule has 8 heteroatoms. The van der Waals surface area contributed by atoms with Crippen LogP contribution in [0.2, 0.25) is 0 Å². The van der Waals surface area contributed by atoms with E-state index in [2.05, 4.69) is 15.4 Å². The Labute approximate surface area is 132 Å². The molecule has 0 fully saturated rings. The van der Waals surface area contributed by atoms with Gasteiger partial charge in [0.2, 0.25) is 5.91 Å². The second-order valence-electron chi connectivity index (χ2n) is 4.96. The molecular formula is C15H19F3N2O3. The van der Waals surface area contributed by atoms with Crippen molar-refractivity contribution in [1.82, 2.24) is 10.6 Å². The molecule has 1 aromatic rings. The summed E-state index contributed by atoms with van der Waals surface area (Å²) in [5.41, 5.74) is 0.486. The lowest BCUT2D eigenvalue weighted by Crippen LogP contribution is -2.38. The van der Waals surface area contributed by atoms with Crippen molar-refractivity contribution in [1.29, 1.82) is 0 Å². The molecule has 5 nitrogen and oxygen atoms in total. The first-order chi connectivity index (χ1) is 10.8. The van der Waals surface area contributed by atoms with E-state index in [1.165, 1.54) is 0 Å². The van der Waals surface area contributed by atoms with Crippen LogP contribution in [0.5, 0.6) is 0 Å². The van der Waals surface area contributed by atoms with Gasteiger partial charge in [-0.15, -0.1) is 0 Å². The van der Waals surface area contributed by atoms with E-state index >= 15 is 0 Å². The van der Waals surface area contributed by atoms with Gasteiger partial charge in [-0.25, -0.2) is 0 Å². The van der Waals surface area contributed by atoms with Crippen LogP contribution in [0.4, 0.5) is 13.2 Å². The predicted molar refractivity (Wildman–Crippen MR) is 77.9 cm³/mol. The lowest BCUT2D eigenvalue weighted by Gasteiger charge is -2.14. The number of carbonyl (C=O) groups excluding carboxylic acids is 2. The average molecular weight is 332 g/mol. The summed E-state index contributed by atoms with van der Waals surface area (Å²) in [6, 6.07) is 8.15.